The average Bonchev–Trinajstić information content (AvgIpc) is 2.97. The molecule has 0 amide bonds. The summed E-state index contributed by atoms with van der Waals surface area (Å²) in [5.41, 5.74) is 9.55. The van der Waals surface area contributed by atoms with Gasteiger partial charge in [-0.2, -0.15) is 0 Å². The molecule has 0 saturated heterocycles. The molecule has 2 aromatic carbocycles. The van der Waals surface area contributed by atoms with E-state index in [1.165, 1.54) is 49.7 Å². The Bertz CT molecular complexity index is 762. The van der Waals surface area contributed by atoms with E-state index in [0.717, 1.165) is 0 Å². The fraction of sp³-hybridized carbons (Fsp3) is 0.333. The Morgan fingerprint density at radius 2 is 1.50 bits per heavy atom. The molecule has 2 aliphatic carbocycles. The molecular formula is C24H26. The Morgan fingerprint density at radius 3 is 2.21 bits per heavy atom. The molecule has 122 valence electrons. The standard InChI is InChI=1S/C24H26/c1-2-11-22-23(18-12-5-3-6-13-18)20-16-9-10-17-21(20)24(22)19-14-7-4-8-15-19/h3-8,12-15,23H,2,9-11,16-17H2,1H3. The van der Waals surface area contributed by atoms with E-state index in [1.807, 2.05) is 0 Å². The van der Waals surface area contributed by atoms with Crippen LogP contribution in [-0.2, 0) is 0 Å². The zero-order chi connectivity index (χ0) is 16.4. The van der Waals surface area contributed by atoms with Crippen molar-refractivity contribution >= 4 is 5.57 Å². The largest absolute Gasteiger partial charge is 0.0651 e. The van der Waals surface area contributed by atoms with Crippen LogP contribution in [0.15, 0.2) is 77.4 Å². The highest BCUT2D eigenvalue weighted by Crippen LogP contribution is 2.53. The van der Waals surface area contributed by atoms with Crippen LogP contribution in [0.25, 0.3) is 5.57 Å². The van der Waals surface area contributed by atoms with Gasteiger partial charge >= 0.3 is 0 Å². The van der Waals surface area contributed by atoms with Crippen LogP contribution in [0.1, 0.15) is 62.5 Å². The van der Waals surface area contributed by atoms with Crippen LogP contribution >= 0.6 is 0 Å². The quantitative estimate of drug-likeness (QED) is 0.575. The summed E-state index contributed by atoms with van der Waals surface area (Å²) in [5.74, 6) is 0.525. The Hall–Kier alpha value is -2.08. The van der Waals surface area contributed by atoms with Crippen molar-refractivity contribution in [2.75, 3.05) is 0 Å². The molecule has 0 aliphatic heterocycles. The van der Waals surface area contributed by atoms with Crippen LogP contribution in [-0.4, -0.2) is 0 Å². The predicted octanol–water partition coefficient (Wildman–Crippen LogP) is 6.91. The molecule has 0 heteroatoms. The van der Waals surface area contributed by atoms with Gasteiger partial charge in [0.05, 0.1) is 0 Å². The van der Waals surface area contributed by atoms with Gasteiger partial charge in [-0.1, -0.05) is 85.2 Å². The Labute approximate surface area is 145 Å². The summed E-state index contributed by atoms with van der Waals surface area (Å²) in [6, 6.07) is 22.3. The van der Waals surface area contributed by atoms with E-state index in [9.17, 15) is 0 Å². The smallest absolute Gasteiger partial charge is 0.0273 e. The lowest BCUT2D eigenvalue weighted by molar-refractivity contribution is 0.657. The molecule has 0 spiro atoms. The van der Waals surface area contributed by atoms with E-state index >= 15 is 0 Å². The highest BCUT2D eigenvalue weighted by Gasteiger charge is 2.35. The molecule has 2 aromatic rings. The molecule has 0 aromatic heterocycles. The lowest BCUT2D eigenvalue weighted by atomic mass is 9.82. The fourth-order valence-corrected chi connectivity index (χ4v) is 4.63. The molecule has 0 fully saturated rings. The number of benzene rings is 2. The van der Waals surface area contributed by atoms with Gasteiger partial charge < -0.3 is 0 Å². The first-order valence-corrected chi connectivity index (χ1v) is 9.46. The highest BCUT2D eigenvalue weighted by molar-refractivity contribution is 5.88. The fourth-order valence-electron chi connectivity index (χ4n) is 4.63. The first-order chi connectivity index (χ1) is 11.9. The molecule has 4 rings (SSSR count). The molecule has 0 heterocycles. The third-order valence-electron chi connectivity index (χ3n) is 5.55. The zero-order valence-corrected chi connectivity index (χ0v) is 14.6. The van der Waals surface area contributed by atoms with Crippen molar-refractivity contribution in [1.82, 2.24) is 0 Å². The first kappa shape index (κ1) is 15.4. The Morgan fingerprint density at radius 1 is 0.833 bits per heavy atom. The second-order valence-corrected chi connectivity index (χ2v) is 7.07. The van der Waals surface area contributed by atoms with E-state index in [4.69, 9.17) is 0 Å². The van der Waals surface area contributed by atoms with E-state index < -0.39 is 0 Å². The minimum Gasteiger partial charge on any atom is -0.0651 e. The molecule has 1 unspecified atom stereocenters. The molecule has 0 radical (unpaired) electrons. The molecule has 24 heavy (non-hydrogen) atoms. The SMILES string of the molecule is CCCC1=C(c2ccccc2)C2=C(CCCC2)C1c1ccccc1. The molecule has 0 N–H and O–H groups in total. The number of rotatable bonds is 4. The molecule has 0 saturated carbocycles. The maximum Gasteiger partial charge on any atom is 0.0273 e. The van der Waals surface area contributed by atoms with Crippen LogP contribution in [0.3, 0.4) is 0 Å². The molecule has 0 nitrogen and oxygen atoms in total. The monoisotopic (exact) mass is 314 g/mol. The van der Waals surface area contributed by atoms with E-state index in [0.29, 0.717) is 5.92 Å². The van der Waals surface area contributed by atoms with Crippen LogP contribution in [0.5, 0.6) is 0 Å². The van der Waals surface area contributed by atoms with Gasteiger partial charge in [0.25, 0.3) is 0 Å². The van der Waals surface area contributed by atoms with Crippen molar-refractivity contribution in [1.29, 1.82) is 0 Å². The lowest BCUT2D eigenvalue weighted by Crippen LogP contribution is -2.05. The van der Waals surface area contributed by atoms with Crippen LogP contribution in [0.2, 0.25) is 0 Å². The summed E-state index contributed by atoms with van der Waals surface area (Å²) >= 11 is 0. The van der Waals surface area contributed by atoms with Gasteiger partial charge in [-0.3, -0.25) is 0 Å². The topological polar surface area (TPSA) is 0 Å². The summed E-state index contributed by atoms with van der Waals surface area (Å²) in [4.78, 5) is 0. The maximum absolute atomic E-state index is 2.33. The normalized spacial score (nSPS) is 20.5. The molecule has 2 aliphatic rings. The minimum absolute atomic E-state index is 0.525. The van der Waals surface area contributed by atoms with E-state index in [2.05, 4.69) is 67.6 Å². The van der Waals surface area contributed by atoms with Gasteiger partial charge in [0, 0.05) is 5.92 Å². The second kappa shape index (κ2) is 6.81. The van der Waals surface area contributed by atoms with Crippen LogP contribution in [0.4, 0.5) is 0 Å². The van der Waals surface area contributed by atoms with Gasteiger partial charge in [-0.25, -0.2) is 0 Å². The second-order valence-electron chi connectivity index (χ2n) is 7.07. The maximum atomic E-state index is 2.33. The van der Waals surface area contributed by atoms with E-state index in [1.54, 1.807) is 22.3 Å². The number of hydrogen-bond donors (Lipinski definition) is 0. The van der Waals surface area contributed by atoms with Crippen molar-refractivity contribution in [2.24, 2.45) is 0 Å². The number of allylic oxidation sites excluding steroid dienone is 4. The van der Waals surface area contributed by atoms with Crippen LogP contribution in [0, 0.1) is 0 Å². The van der Waals surface area contributed by atoms with Gasteiger partial charge in [-0.15, -0.1) is 0 Å². The summed E-state index contributed by atoms with van der Waals surface area (Å²) in [5, 5.41) is 0. The minimum atomic E-state index is 0.525. The molecule has 1 atom stereocenters. The van der Waals surface area contributed by atoms with E-state index in [-0.39, 0.29) is 0 Å². The summed E-state index contributed by atoms with van der Waals surface area (Å²) in [6.07, 6.45) is 7.65. The van der Waals surface area contributed by atoms with Crippen molar-refractivity contribution in [3.05, 3.63) is 88.5 Å². The lowest BCUT2D eigenvalue weighted by Gasteiger charge is -2.22. The van der Waals surface area contributed by atoms with Gasteiger partial charge in [0.2, 0.25) is 0 Å². The number of hydrogen-bond acceptors (Lipinski definition) is 0. The highest BCUT2D eigenvalue weighted by atomic mass is 14.4. The van der Waals surface area contributed by atoms with Crippen molar-refractivity contribution < 1.29 is 0 Å². The first-order valence-electron chi connectivity index (χ1n) is 9.46. The van der Waals surface area contributed by atoms with Gasteiger partial charge in [0.1, 0.15) is 0 Å². The summed E-state index contributed by atoms with van der Waals surface area (Å²) in [7, 11) is 0. The van der Waals surface area contributed by atoms with Crippen molar-refractivity contribution in [3.63, 3.8) is 0 Å². The van der Waals surface area contributed by atoms with Gasteiger partial charge in [0.15, 0.2) is 0 Å². The predicted molar refractivity (Wildman–Crippen MR) is 103 cm³/mol. The summed E-state index contributed by atoms with van der Waals surface area (Å²) in [6.45, 7) is 2.31. The Balaban J connectivity index is 1.91. The van der Waals surface area contributed by atoms with Crippen molar-refractivity contribution in [2.45, 2.75) is 51.4 Å². The Kier molecular flexibility index (Phi) is 4.38. The summed E-state index contributed by atoms with van der Waals surface area (Å²) < 4.78 is 0. The van der Waals surface area contributed by atoms with Gasteiger partial charge in [-0.05, 0) is 54.4 Å². The third kappa shape index (κ3) is 2.65. The third-order valence-corrected chi connectivity index (χ3v) is 5.55. The zero-order valence-electron chi connectivity index (χ0n) is 14.6. The average molecular weight is 314 g/mol. The molecule has 0 bridgehead atoms. The van der Waals surface area contributed by atoms with Crippen LogP contribution < -0.4 is 0 Å². The van der Waals surface area contributed by atoms with Crippen molar-refractivity contribution in [3.8, 4) is 0 Å². The molecular weight excluding hydrogens is 288 g/mol.